The second-order valence-electron chi connectivity index (χ2n) is 5.08. The Morgan fingerprint density at radius 3 is 2.38 bits per heavy atom. The number of carbonyl (C=O) groups excluding carboxylic acids is 1. The Labute approximate surface area is 130 Å². The first-order valence-corrected chi connectivity index (χ1v) is 7.29. The van der Waals surface area contributed by atoms with E-state index in [0.717, 1.165) is 11.1 Å². The summed E-state index contributed by atoms with van der Waals surface area (Å²) in [6, 6.07) is 16.5. The van der Waals surface area contributed by atoms with Crippen molar-refractivity contribution in [3.05, 3.63) is 70.7 Å². The molecule has 0 heterocycles. The van der Waals surface area contributed by atoms with Gasteiger partial charge in [-0.25, -0.2) is 0 Å². The van der Waals surface area contributed by atoms with Crippen LogP contribution in [-0.2, 0) is 11.2 Å². The van der Waals surface area contributed by atoms with Crippen molar-refractivity contribution in [2.24, 2.45) is 5.73 Å². The van der Waals surface area contributed by atoms with E-state index in [1.165, 1.54) is 0 Å². The Bertz CT molecular complexity index is 583. The van der Waals surface area contributed by atoms with Crippen molar-refractivity contribution < 1.29 is 4.79 Å². The molecule has 2 aromatic rings. The van der Waals surface area contributed by atoms with Crippen LogP contribution >= 0.6 is 11.6 Å². The third-order valence-electron chi connectivity index (χ3n) is 3.36. The molecule has 0 saturated heterocycles. The molecular weight excluding hydrogens is 284 g/mol. The van der Waals surface area contributed by atoms with Crippen molar-refractivity contribution in [2.45, 2.75) is 25.4 Å². The number of nitrogens with two attached hydrogens (primary N) is 1. The van der Waals surface area contributed by atoms with Crippen LogP contribution in [0.25, 0.3) is 0 Å². The molecule has 0 bridgehead atoms. The lowest BCUT2D eigenvalue weighted by Crippen LogP contribution is -2.42. The number of amides is 1. The average Bonchev–Trinajstić information content (AvgIpc) is 2.48. The summed E-state index contributed by atoms with van der Waals surface area (Å²) in [5.41, 5.74) is 8.02. The summed E-state index contributed by atoms with van der Waals surface area (Å²) in [6.45, 7) is 1.93. The average molecular weight is 303 g/mol. The molecule has 2 atom stereocenters. The standard InChI is InChI=1S/C17H19ClN2O/c1-12(14-7-9-15(18)10-8-14)20-17(21)16(19)11-13-5-3-2-4-6-13/h2-10,12,16H,11,19H2,1H3,(H,20,21)/t12-,16+/m0/s1. The molecular formula is C17H19ClN2O. The van der Waals surface area contributed by atoms with E-state index < -0.39 is 6.04 Å². The second-order valence-corrected chi connectivity index (χ2v) is 5.51. The second kappa shape index (κ2) is 7.25. The van der Waals surface area contributed by atoms with E-state index >= 15 is 0 Å². The highest BCUT2D eigenvalue weighted by Gasteiger charge is 2.16. The van der Waals surface area contributed by atoms with Crippen LogP contribution in [0.1, 0.15) is 24.1 Å². The first kappa shape index (κ1) is 15.5. The molecule has 0 fully saturated rings. The molecule has 0 spiro atoms. The highest BCUT2D eigenvalue weighted by atomic mass is 35.5. The van der Waals surface area contributed by atoms with Gasteiger partial charge in [-0.1, -0.05) is 54.1 Å². The van der Waals surface area contributed by atoms with Gasteiger partial charge < -0.3 is 11.1 Å². The molecule has 0 aromatic heterocycles. The van der Waals surface area contributed by atoms with Gasteiger partial charge in [-0.2, -0.15) is 0 Å². The van der Waals surface area contributed by atoms with Gasteiger partial charge in [0, 0.05) is 5.02 Å². The number of benzene rings is 2. The molecule has 0 radical (unpaired) electrons. The quantitative estimate of drug-likeness (QED) is 0.892. The maximum absolute atomic E-state index is 12.1. The zero-order valence-corrected chi connectivity index (χ0v) is 12.7. The van der Waals surface area contributed by atoms with Crippen LogP contribution in [0.5, 0.6) is 0 Å². The van der Waals surface area contributed by atoms with E-state index in [0.29, 0.717) is 11.4 Å². The topological polar surface area (TPSA) is 55.1 Å². The highest BCUT2D eigenvalue weighted by Crippen LogP contribution is 2.16. The van der Waals surface area contributed by atoms with Gasteiger partial charge >= 0.3 is 0 Å². The van der Waals surface area contributed by atoms with Crippen molar-refractivity contribution in [3.8, 4) is 0 Å². The van der Waals surface area contributed by atoms with Gasteiger partial charge in [0.25, 0.3) is 0 Å². The molecule has 3 nitrogen and oxygen atoms in total. The Hall–Kier alpha value is -1.84. The SMILES string of the molecule is C[C@H](NC(=O)[C@H](N)Cc1ccccc1)c1ccc(Cl)cc1. The Kier molecular flexibility index (Phi) is 5.37. The predicted molar refractivity (Wildman–Crippen MR) is 86.1 cm³/mol. The molecule has 0 aliphatic rings. The highest BCUT2D eigenvalue weighted by molar-refractivity contribution is 6.30. The van der Waals surface area contributed by atoms with E-state index in [-0.39, 0.29) is 11.9 Å². The minimum Gasteiger partial charge on any atom is -0.348 e. The van der Waals surface area contributed by atoms with Crippen LogP contribution in [0.2, 0.25) is 5.02 Å². The van der Waals surface area contributed by atoms with Crippen LogP contribution < -0.4 is 11.1 Å². The smallest absolute Gasteiger partial charge is 0.237 e. The molecule has 0 saturated carbocycles. The van der Waals surface area contributed by atoms with Crippen molar-refractivity contribution in [1.29, 1.82) is 0 Å². The first-order valence-electron chi connectivity index (χ1n) is 6.91. The fourth-order valence-corrected chi connectivity index (χ4v) is 2.24. The summed E-state index contributed by atoms with van der Waals surface area (Å²) >= 11 is 5.86. The Balaban J connectivity index is 1.92. The predicted octanol–water partition coefficient (Wildman–Crippen LogP) is 3.09. The molecule has 1 amide bonds. The monoisotopic (exact) mass is 302 g/mol. The Morgan fingerprint density at radius 1 is 1.14 bits per heavy atom. The van der Waals surface area contributed by atoms with Gasteiger partial charge in [-0.3, -0.25) is 4.79 Å². The number of hydrogen-bond donors (Lipinski definition) is 2. The summed E-state index contributed by atoms with van der Waals surface area (Å²) in [6.07, 6.45) is 0.528. The fourth-order valence-electron chi connectivity index (χ4n) is 2.12. The van der Waals surface area contributed by atoms with E-state index in [9.17, 15) is 4.79 Å². The zero-order valence-electron chi connectivity index (χ0n) is 11.9. The third kappa shape index (κ3) is 4.59. The van der Waals surface area contributed by atoms with E-state index in [4.69, 9.17) is 17.3 Å². The van der Waals surface area contributed by atoms with E-state index in [2.05, 4.69) is 5.32 Å². The number of halogens is 1. The van der Waals surface area contributed by atoms with Crippen LogP contribution in [0.3, 0.4) is 0 Å². The first-order chi connectivity index (χ1) is 10.1. The summed E-state index contributed by atoms with van der Waals surface area (Å²) in [7, 11) is 0. The van der Waals surface area contributed by atoms with Crippen molar-refractivity contribution >= 4 is 17.5 Å². The number of hydrogen-bond acceptors (Lipinski definition) is 2. The van der Waals surface area contributed by atoms with Crippen LogP contribution in [-0.4, -0.2) is 11.9 Å². The molecule has 110 valence electrons. The van der Waals surface area contributed by atoms with Crippen molar-refractivity contribution in [3.63, 3.8) is 0 Å². The van der Waals surface area contributed by atoms with Crippen LogP contribution in [0, 0.1) is 0 Å². The normalized spacial score (nSPS) is 13.5. The molecule has 3 N–H and O–H groups in total. The molecule has 0 aliphatic heterocycles. The Morgan fingerprint density at radius 2 is 1.76 bits per heavy atom. The zero-order chi connectivity index (χ0) is 15.2. The molecule has 0 aliphatic carbocycles. The lowest BCUT2D eigenvalue weighted by molar-refractivity contribution is -0.123. The number of carbonyl (C=O) groups is 1. The molecule has 2 aromatic carbocycles. The van der Waals surface area contributed by atoms with Gasteiger partial charge in [0.2, 0.25) is 5.91 Å². The fraction of sp³-hybridized carbons (Fsp3) is 0.235. The minimum atomic E-state index is -0.554. The molecule has 21 heavy (non-hydrogen) atoms. The van der Waals surface area contributed by atoms with Gasteiger partial charge in [-0.15, -0.1) is 0 Å². The lowest BCUT2D eigenvalue weighted by Gasteiger charge is -2.18. The maximum atomic E-state index is 12.1. The van der Waals surface area contributed by atoms with Crippen molar-refractivity contribution in [2.75, 3.05) is 0 Å². The molecule has 2 rings (SSSR count). The van der Waals surface area contributed by atoms with Gasteiger partial charge in [0.05, 0.1) is 12.1 Å². The van der Waals surface area contributed by atoms with E-state index in [1.807, 2.05) is 61.5 Å². The molecule has 4 heteroatoms. The maximum Gasteiger partial charge on any atom is 0.237 e. The summed E-state index contributed by atoms with van der Waals surface area (Å²) in [5, 5.41) is 3.61. The number of rotatable bonds is 5. The third-order valence-corrected chi connectivity index (χ3v) is 3.62. The number of nitrogens with one attached hydrogen (secondary N) is 1. The largest absolute Gasteiger partial charge is 0.348 e. The lowest BCUT2D eigenvalue weighted by atomic mass is 10.0. The van der Waals surface area contributed by atoms with E-state index in [1.54, 1.807) is 0 Å². The van der Waals surface area contributed by atoms with Gasteiger partial charge in [0.15, 0.2) is 0 Å². The van der Waals surface area contributed by atoms with Crippen LogP contribution in [0.4, 0.5) is 0 Å². The summed E-state index contributed by atoms with van der Waals surface area (Å²) < 4.78 is 0. The summed E-state index contributed by atoms with van der Waals surface area (Å²) in [4.78, 5) is 12.1. The minimum absolute atomic E-state index is 0.100. The van der Waals surface area contributed by atoms with Gasteiger partial charge in [-0.05, 0) is 36.6 Å². The summed E-state index contributed by atoms with van der Waals surface area (Å²) in [5.74, 6) is -0.152. The van der Waals surface area contributed by atoms with Crippen molar-refractivity contribution in [1.82, 2.24) is 5.32 Å². The van der Waals surface area contributed by atoms with Crippen LogP contribution in [0.15, 0.2) is 54.6 Å². The van der Waals surface area contributed by atoms with Gasteiger partial charge in [0.1, 0.15) is 0 Å². The molecule has 0 unspecified atom stereocenters.